The molecule has 0 amide bonds. The Morgan fingerprint density at radius 3 is 1.14 bits per heavy atom. The number of halogens is 1. The Morgan fingerprint density at radius 1 is 0.786 bits per heavy atom. The van der Waals surface area contributed by atoms with Gasteiger partial charge in [-0.1, -0.05) is 52.4 Å². The summed E-state index contributed by atoms with van der Waals surface area (Å²) in [7, 11) is -3.08. The molecule has 0 fully saturated rings. The van der Waals surface area contributed by atoms with E-state index in [1.165, 1.54) is 0 Å². The molecule has 0 nitrogen and oxygen atoms in total. The Kier molecular flexibility index (Phi) is 4.95. The molecule has 1 radical (unpaired) electrons. The highest BCUT2D eigenvalue weighted by Crippen LogP contribution is 2.26. The summed E-state index contributed by atoms with van der Waals surface area (Å²) < 4.78 is 0. The topological polar surface area (TPSA) is 0 Å². The van der Waals surface area contributed by atoms with Crippen molar-refractivity contribution in [2.45, 2.75) is 52.4 Å². The third-order valence-electron chi connectivity index (χ3n) is 2.51. The van der Waals surface area contributed by atoms with Gasteiger partial charge in [0.25, 0.3) is 0 Å². The van der Waals surface area contributed by atoms with Gasteiger partial charge in [0.15, 0.2) is 0 Å². The van der Waals surface area contributed by atoms with Crippen LogP contribution in [-0.2, 0) is 0 Å². The molecular weight excluding hydrogens is 256 g/mol. The Hall–Kier alpha value is 1.16. The van der Waals surface area contributed by atoms with E-state index >= 15 is 0 Å². The molecule has 0 aliphatic rings. The van der Waals surface area contributed by atoms with Crippen molar-refractivity contribution in [3.63, 3.8) is 0 Å². The lowest BCUT2D eigenvalue weighted by Crippen LogP contribution is -2.72. The monoisotopic (exact) mass is 281 g/mol. The Labute approximate surface area is 99.4 Å². The summed E-state index contributed by atoms with van der Waals surface area (Å²) in [6, 6.07) is 0. The minimum absolute atomic E-state index is 0.118. The largest absolute Gasteiger partial charge is 0.130 e. The van der Waals surface area contributed by atoms with Crippen LogP contribution in [-0.4, -0.2) is 35.6 Å². The summed E-state index contributed by atoms with van der Waals surface area (Å²) in [5.41, 5.74) is 0.982. The zero-order valence-electron chi connectivity index (χ0n) is 11.1. The van der Waals surface area contributed by atoms with E-state index in [2.05, 4.69) is 52.4 Å². The third kappa shape index (κ3) is 3.96. The van der Waals surface area contributed by atoms with Crippen molar-refractivity contribution in [1.82, 2.24) is 0 Å². The second kappa shape index (κ2) is 4.57. The summed E-state index contributed by atoms with van der Waals surface area (Å²) in [5, 5.41) is 0. The first-order chi connectivity index (χ1) is 5.93. The number of rotatable bonds is 4. The van der Waals surface area contributed by atoms with Gasteiger partial charge in [0.05, 0.1) is 7.59 Å². The first-order valence-electron chi connectivity index (χ1n) is 5.37. The van der Waals surface area contributed by atoms with Gasteiger partial charge in [-0.2, -0.15) is 0 Å². The average molecular weight is 282 g/mol. The van der Waals surface area contributed by atoms with Crippen molar-refractivity contribution in [3.8, 4) is 0 Å². The van der Waals surface area contributed by atoms with Gasteiger partial charge < -0.3 is 0 Å². The highest BCUT2D eigenvalue weighted by atomic mass is 35.5. The minimum Gasteiger partial charge on any atom is -0.130 e. The van der Waals surface area contributed by atoms with Gasteiger partial charge >= 0.3 is 0 Å². The fraction of sp³-hybridized carbons (Fsp3) is 1.00. The van der Waals surface area contributed by atoms with Crippen LogP contribution in [0.2, 0.25) is 52.4 Å². The van der Waals surface area contributed by atoms with Crippen LogP contribution in [0.3, 0.4) is 0 Å². The maximum absolute atomic E-state index is 6.23. The van der Waals surface area contributed by atoms with Crippen molar-refractivity contribution in [3.05, 3.63) is 0 Å². The zero-order valence-corrected chi connectivity index (χ0v) is 15.8. The maximum atomic E-state index is 6.23. The molecule has 0 saturated heterocycles. The molecule has 14 heavy (non-hydrogen) atoms. The quantitative estimate of drug-likeness (QED) is 0.542. The molecule has 5 heteroatoms. The lowest BCUT2D eigenvalue weighted by molar-refractivity contribution is 1.75. The van der Waals surface area contributed by atoms with E-state index in [1.807, 2.05) is 0 Å². The van der Waals surface area contributed by atoms with Crippen molar-refractivity contribution >= 4 is 41.7 Å². The van der Waals surface area contributed by atoms with Gasteiger partial charge in [-0.25, -0.2) is 0 Å². The Balaban J connectivity index is 5.14. The van der Waals surface area contributed by atoms with Crippen LogP contribution in [0.15, 0.2) is 0 Å². The number of hydrogen-bond acceptors (Lipinski definition) is 0. The van der Waals surface area contributed by atoms with Crippen LogP contribution in [0.25, 0.3) is 0 Å². The standard InChI is InChI=1S/C9H26ClSi4/c1-12(2,3)11(13(4,5)6)14(7,8)9-10/h9H2,1-8H3. The molecule has 0 N–H and O–H groups in total. The predicted octanol–water partition coefficient (Wildman–Crippen LogP) is 3.88. The predicted molar refractivity (Wildman–Crippen MR) is 80.6 cm³/mol. The Morgan fingerprint density at radius 2 is 1.07 bits per heavy atom. The summed E-state index contributed by atoms with van der Waals surface area (Å²) >= 11 is 6.23. The van der Waals surface area contributed by atoms with Crippen molar-refractivity contribution < 1.29 is 0 Å². The molecule has 0 aliphatic carbocycles. The normalized spacial score (nSPS) is 15.0. The van der Waals surface area contributed by atoms with E-state index in [9.17, 15) is 0 Å². The first-order valence-corrected chi connectivity index (χ1v) is 20.6. The SMILES string of the molecule is C[Si](C)(C)[Si]([Si](C)(C)C)[Si](C)(C)CCl. The van der Waals surface area contributed by atoms with Crippen molar-refractivity contribution in [2.75, 3.05) is 5.50 Å². The van der Waals surface area contributed by atoms with Crippen molar-refractivity contribution in [2.24, 2.45) is 0 Å². The molecule has 0 unspecified atom stereocenters. The van der Waals surface area contributed by atoms with Crippen LogP contribution in [0.4, 0.5) is 0 Å². The van der Waals surface area contributed by atoms with Crippen LogP contribution in [0.5, 0.6) is 0 Å². The molecule has 0 rings (SSSR count). The van der Waals surface area contributed by atoms with E-state index in [-0.39, 0.29) is 7.35 Å². The molecule has 0 aromatic rings. The molecule has 0 spiro atoms. The van der Waals surface area contributed by atoms with E-state index in [0.29, 0.717) is 0 Å². The second-order valence-corrected chi connectivity index (χ2v) is 43.5. The van der Waals surface area contributed by atoms with Gasteiger partial charge in [-0.3, -0.25) is 0 Å². The van der Waals surface area contributed by atoms with Gasteiger partial charge in [-0.15, -0.1) is 11.6 Å². The lowest BCUT2D eigenvalue weighted by Gasteiger charge is -2.45. The Bertz CT molecular complexity index is 176. The van der Waals surface area contributed by atoms with Crippen LogP contribution in [0.1, 0.15) is 0 Å². The summed E-state index contributed by atoms with van der Waals surface area (Å²) in [6.45, 7) is 20.5. The summed E-state index contributed by atoms with van der Waals surface area (Å²) in [5.74, 6) is 0. The van der Waals surface area contributed by atoms with Crippen molar-refractivity contribution in [1.29, 1.82) is 0 Å². The smallest absolute Gasteiger partial charge is 0.0506 e. The summed E-state index contributed by atoms with van der Waals surface area (Å²) in [6.07, 6.45) is 0. The fourth-order valence-corrected chi connectivity index (χ4v) is 90.6. The molecule has 0 aliphatic heterocycles. The van der Waals surface area contributed by atoms with Gasteiger partial charge in [0.2, 0.25) is 0 Å². The number of hydrogen-bond donors (Lipinski definition) is 0. The lowest BCUT2D eigenvalue weighted by atomic mass is 11.8. The summed E-state index contributed by atoms with van der Waals surface area (Å²) in [4.78, 5) is 0. The van der Waals surface area contributed by atoms with Crippen LogP contribution >= 0.6 is 11.6 Å². The number of alkyl halides is 1. The van der Waals surface area contributed by atoms with Gasteiger partial charge in [0.1, 0.15) is 0 Å². The molecule has 0 atom stereocenters. The maximum Gasteiger partial charge on any atom is 0.0506 e. The zero-order chi connectivity index (χ0) is 11.8. The molecule has 85 valence electrons. The minimum atomic E-state index is -1.09. The van der Waals surface area contributed by atoms with E-state index < -0.39 is 22.8 Å². The second-order valence-electron chi connectivity index (χ2n) is 6.89. The van der Waals surface area contributed by atoms with Gasteiger partial charge in [-0.05, 0) is 0 Å². The highest BCUT2D eigenvalue weighted by Gasteiger charge is 2.48. The third-order valence-corrected chi connectivity index (χ3v) is 63.0. The molecule has 0 saturated carbocycles. The molecule has 0 bridgehead atoms. The molecular formula is C9H26ClSi4. The average Bonchev–Trinajstić information content (AvgIpc) is 1.79. The van der Waals surface area contributed by atoms with E-state index in [0.717, 1.165) is 5.50 Å². The first kappa shape index (κ1) is 15.2. The highest BCUT2D eigenvalue weighted by molar-refractivity contribution is 7.81. The molecule has 0 aromatic heterocycles. The van der Waals surface area contributed by atoms with E-state index in [1.54, 1.807) is 0 Å². The van der Waals surface area contributed by atoms with Crippen LogP contribution in [0, 0.1) is 0 Å². The van der Waals surface area contributed by atoms with Crippen LogP contribution < -0.4 is 0 Å². The molecule has 0 heterocycles. The van der Waals surface area contributed by atoms with Gasteiger partial charge in [0, 0.05) is 28.0 Å². The molecule has 0 aromatic carbocycles. The van der Waals surface area contributed by atoms with E-state index in [4.69, 9.17) is 11.6 Å². The fourth-order valence-electron chi connectivity index (χ4n) is 3.22.